The van der Waals surface area contributed by atoms with Crippen molar-refractivity contribution in [3.63, 3.8) is 0 Å². The van der Waals surface area contributed by atoms with Gasteiger partial charge in [-0.1, -0.05) is 0 Å². The first-order valence-corrected chi connectivity index (χ1v) is 6.36. The van der Waals surface area contributed by atoms with E-state index in [2.05, 4.69) is 10.6 Å². The van der Waals surface area contributed by atoms with Crippen LogP contribution in [0.1, 0.15) is 30.1 Å². The minimum absolute atomic E-state index is 0.00995. The molecule has 6 heteroatoms. The number of carbonyl (C=O) groups excluding carboxylic acids is 1. The number of piperidine rings is 1. The first-order valence-electron chi connectivity index (χ1n) is 6.36. The Morgan fingerprint density at radius 1 is 1.42 bits per heavy atom. The third kappa shape index (κ3) is 3.29. The zero-order chi connectivity index (χ0) is 13.8. The van der Waals surface area contributed by atoms with Gasteiger partial charge in [-0.15, -0.1) is 0 Å². The lowest BCUT2D eigenvalue weighted by atomic mass is 9.99. The van der Waals surface area contributed by atoms with Crippen LogP contribution in [0.25, 0.3) is 0 Å². The summed E-state index contributed by atoms with van der Waals surface area (Å²) in [6.45, 7) is 3.02. The van der Waals surface area contributed by atoms with Crippen molar-refractivity contribution in [2.45, 2.75) is 31.8 Å². The van der Waals surface area contributed by atoms with E-state index in [-0.39, 0.29) is 23.7 Å². The molecule has 1 aromatic rings. The molecular weight excluding hydrogens is 246 g/mol. The fourth-order valence-electron chi connectivity index (χ4n) is 2.23. The molecular formula is C13H17N3O3. The molecule has 1 heterocycles. The summed E-state index contributed by atoms with van der Waals surface area (Å²) in [6, 6.07) is 6.00. The van der Waals surface area contributed by atoms with Gasteiger partial charge in [0, 0.05) is 29.8 Å². The minimum atomic E-state index is -0.477. The van der Waals surface area contributed by atoms with E-state index in [4.69, 9.17) is 0 Å². The third-order valence-electron chi connectivity index (χ3n) is 3.42. The zero-order valence-electron chi connectivity index (χ0n) is 10.8. The molecule has 1 aliphatic rings. The van der Waals surface area contributed by atoms with Crippen LogP contribution in [-0.4, -0.2) is 29.5 Å². The lowest BCUT2D eigenvalue weighted by Gasteiger charge is -2.30. The van der Waals surface area contributed by atoms with Gasteiger partial charge in [0.25, 0.3) is 11.6 Å². The van der Waals surface area contributed by atoms with Crippen LogP contribution >= 0.6 is 0 Å². The van der Waals surface area contributed by atoms with Crippen LogP contribution in [0.15, 0.2) is 24.3 Å². The van der Waals surface area contributed by atoms with Crippen molar-refractivity contribution < 1.29 is 9.72 Å². The van der Waals surface area contributed by atoms with E-state index in [0.29, 0.717) is 5.56 Å². The maximum absolute atomic E-state index is 12.0. The van der Waals surface area contributed by atoms with Gasteiger partial charge in [0.05, 0.1) is 4.92 Å². The fraction of sp³-hybridized carbons (Fsp3) is 0.462. The number of nitrogens with zero attached hydrogens (tertiary/aromatic N) is 1. The molecule has 0 aromatic heterocycles. The Balaban J connectivity index is 2.01. The summed E-state index contributed by atoms with van der Waals surface area (Å²) in [5.41, 5.74) is 0.438. The summed E-state index contributed by atoms with van der Waals surface area (Å²) >= 11 is 0. The van der Waals surface area contributed by atoms with Crippen molar-refractivity contribution in [3.8, 4) is 0 Å². The molecule has 1 amide bonds. The van der Waals surface area contributed by atoms with Gasteiger partial charge in [0.15, 0.2) is 0 Å². The van der Waals surface area contributed by atoms with Crippen molar-refractivity contribution in [2.75, 3.05) is 6.54 Å². The first kappa shape index (κ1) is 13.5. The van der Waals surface area contributed by atoms with Crippen molar-refractivity contribution in [3.05, 3.63) is 39.9 Å². The lowest BCUT2D eigenvalue weighted by molar-refractivity contribution is -0.384. The largest absolute Gasteiger partial charge is 0.348 e. The number of hydrogen-bond acceptors (Lipinski definition) is 4. The Morgan fingerprint density at radius 3 is 2.68 bits per heavy atom. The summed E-state index contributed by atoms with van der Waals surface area (Å²) in [6.07, 6.45) is 1.99. The molecule has 0 radical (unpaired) electrons. The van der Waals surface area contributed by atoms with E-state index < -0.39 is 4.92 Å². The van der Waals surface area contributed by atoms with Crippen molar-refractivity contribution in [1.82, 2.24) is 10.6 Å². The number of hydrogen-bond donors (Lipinski definition) is 2. The summed E-state index contributed by atoms with van der Waals surface area (Å²) in [7, 11) is 0. The van der Waals surface area contributed by atoms with Crippen LogP contribution < -0.4 is 10.6 Å². The second kappa shape index (κ2) is 5.79. The zero-order valence-corrected chi connectivity index (χ0v) is 10.8. The Kier molecular flexibility index (Phi) is 4.11. The summed E-state index contributed by atoms with van der Waals surface area (Å²) < 4.78 is 0. The van der Waals surface area contributed by atoms with Gasteiger partial charge in [-0.05, 0) is 38.4 Å². The Morgan fingerprint density at radius 2 is 2.11 bits per heavy atom. The minimum Gasteiger partial charge on any atom is -0.348 e. The molecule has 102 valence electrons. The van der Waals surface area contributed by atoms with Gasteiger partial charge in [-0.3, -0.25) is 14.9 Å². The molecule has 6 nitrogen and oxygen atoms in total. The molecule has 0 bridgehead atoms. The number of nitro benzene ring substituents is 1. The SMILES string of the molecule is CC1NCCCC1NC(=O)c1ccc([N+](=O)[O-])cc1. The van der Waals surface area contributed by atoms with Gasteiger partial charge >= 0.3 is 0 Å². The highest BCUT2D eigenvalue weighted by atomic mass is 16.6. The standard InChI is InChI=1S/C13H17N3O3/c1-9-12(3-2-8-14-9)15-13(17)10-4-6-11(7-5-10)16(18)19/h4-7,9,12,14H,2-3,8H2,1H3,(H,15,17). The van der Waals surface area contributed by atoms with Crippen molar-refractivity contribution in [1.29, 1.82) is 0 Å². The number of non-ortho nitro benzene ring substituents is 1. The predicted molar refractivity (Wildman–Crippen MR) is 71.0 cm³/mol. The third-order valence-corrected chi connectivity index (χ3v) is 3.42. The normalized spacial score (nSPS) is 22.8. The van der Waals surface area contributed by atoms with Gasteiger partial charge < -0.3 is 10.6 Å². The van der Waals surface area contributed by atoms with E-state index in [0.717, 1.165) is 19.4 Å². The quantitative estimate of drug-likeness (QED) is 0.638. The van der Waals surface area contributed by atoms with Gasteiger partial charge in [0.1, 0.15) is 0 Å². The highest BCUT2D eigenvalue weighted by Gasteiger charge is 2.22. The molecule has 1 fully saturated rings. The molecule has 1 saturated heterocycles. The van der Waals surface area contributed by atoms with E-state index in [1.165, 1.54) is 24.3 Å². The molecule has 2 N–H and O–H groups in total. The number of nitro groups is 1. The topological polar surface area (TPSA) is 84.3 Å². The van der Waals surface area contributed by atoms with E-state index in [1.54, 1.807) is 0 Å². The molecule has 2 unspecified atom stereocenters. The Labute approximate surface area is 111 Å². The monoisotopic (exact) mass is 263 g/mol. The summed E-state index contributed by atoms with van der Waals surface area (Å²) in [4.78, 5) is 22.1. The lowest BCUT2D eigenvalue weighted by Crippen LogP contribution is -2.51. The number of carbonyl (C=O) groups is 1. The van der Waals surface area contributed by atoms with Crippen molar-refractivity contribution in [2.24, 2.45) is 0 Å². The molecule has 2 atom stereocenters. The van der Waals surface area contributed by atoms with Crippen LogP contribution in [0.2, 0.25) is 0 Å². The molecule has 19 heavy (non-hydrogen) atoms. The van der Waals surface area contributed by atoms with Gasteiger partial charge in [-0.25, -0.2) is 0 Å². The van der Waals surface area contributed by atoms with Gasteiger partial charge in [-0.2, -0.15) is 0 Å². The predicted octanol–water partition coefficient (Wildman–Crippen LogP) is 1.47. The van der Waals surface area contributed by atoms with Crippen LogP contribution in [0, 0.1) is 10.1 Å². The molecule has 1 aliphatic heterocycles. The van der Waals surface area contributed by atoms with E-state index in [1.807, 2.05) is 6.92 Å². The van der Waals surface area contributed by atoms with Crippen LogP contribution in [-0.2, 0) is 0 Å². The van der Waals surface area contributed by atoms with Gasteiger partial charge in [0.2, 0.25) is 0 Å². The number of benzene rings is 1. The molecule has 0 spiro atoms. The highest BCUT2D eigenvalue weighted by Crippen LogP contribution is 2.13. The molecule has 2 rings (SSSR count). The Bertz CT molecular complexity index is 473. The Hall–Kier alpha value is -1.95. The second-order valence-electron chi connectivity index (χ2n) is 4.77. The number of nitrogens with one attached hydrogen (secondary N) is 2. The fourth-order valence-corrected chi connectivity index (χ4v) is 2.23. The second-order valence-corrected chi connectivity index (χ2v) is 4.77. The maximum Gasteiger partial charge on any atom is 0.269 e. The molecule has 0 saturated carbocycles. The van der Waals surface area contributed by atoms with Crippen LogP contribution in [0.4, 0.5) is 5.69 Å². The average Bonchev–Trinajstić information content (AvgIpc) is 2.41. The number of rotatable bonds is 3. The van der Waals surface area contributed by atoms with Crippen LogP contribution in [0.3, 0.4) is 0 Å². The molecule has 0 aliphatic carbocycles. The summed E-state index contributed by atoms with van der Waals surface area (Å²) in [5, 5.41) is 16.8. The van der Waals surface area contributed by atoms with E-state index in [9.17, 15) is 14.9 Å². The number of amides is 1. The average molecular weight is 263 g/mol. The maximum atomic E-state index is 12.0. The molecule has 1 aromatic carbocycles. The smallest absolute Gasteiger partial charge is 0.269 e. The highest BCUT2D eigenvalue weighted by molar-refractivity contribution is 5.94. The van der Waals surface area contributed by atoms with E-state index >= 15 is 0 Å². The summed E-state index contributed by atoms with van der Waals surface area (Å²) in [5.74, 6) is -0.185. The van der Waals surface area contributed by atoms with Crippen LogP contribution in [0.5, 0.6) is 0 Å². The first-order chi connectivity index (χ1) is 9.08. The van der Waals surface area contributed by atoms with Crippen molar-refractivity contribution >= 4 is 11.6 Å².